The number of Topliss-reactive ketones (excluding diaryl/α,β-unsaturated/α-hetero) is 1. The molecule has 2 heteroatoms. The summed E-state index contributed by atoms with van der Waals surface area (Å²) in [5.74, 6) is 0.607. The summed E-state index contributed by atoms with van der Waals surface area (Å²) in [5, 5.41) is 0. The van der Waals surface area contributed by atoms with E-state index in [0.717, 1.165) is 16.7 Å². The molecule has 0 heterocycles. The van der Waals surface area contributed by atoms with Crippen LogP contribution >= 0.6 is 9.24 Å². The van der Waals surface area contributed by atoms with Crippen molar-refractivity contribution in [1.29, 1.82) is 0 Å². The first-order valence-electron chi connectivity index (χ1n) is 5.72. The van der Waals surface area contributed by atoms with Gasteiger partial charge in [-0.2, -0.15) is 0 Å². The van der Waals surface area contributed by atoms with Gasteiger partial charge in [-0.05, 0) is 43.4 Å². The normalized spacial score (nSPS) is 12.9. The van der Waals surface area contributed by atoms with Crippen LogP contribution in [0.4, 0.5) is 0 Å². The van der Waals surface area contributed by atoms with E-state index in [2.05, 4.69) is 36.1 Å². The lowest BCUT2D eigenvalue weighted by Gasteiger charge is -2.18. The quantitative estimate of drug-likeness (QED) is 0.577. The molecule has 0 aromatic heterocycles. The molecular weight excluding hydrogens is 215 g/mol. The Kier molecular flexibility index (Phi) is 4.27. The van der Waals surface area contributed by atoms with Gasteiger partial charge in [-0.25, -0.2) is 0 Å². The fourth-order valence-corrected chi connectivity index (χ4v) is 1.97. The number of aryl methyl sites for hydroxylation is 2. The van der Waals surface area contributed by atoms with Crippen molar-refractivity contribution in [3.63, 3.8) is 0 Å². The van der Waals surface area contributed by atoms with Crippen molar-refractivity contribution in [3.8, 4) is 0 Å². The SMILES string of the molecule is Cc1ccc(C)c(C(=O)C(P)C(C)C)c1C. The highest BCUT2D eigenvalue weighted by Crippen LogP contribution is 2.24. The molecule has 0 radical (unpaired) electrons. The summed E-state index contributed by atoms with van der Waals surface area (Å²) in [6.07, 6.45) is 0. The van der Waals surface area contributed by atoms with Crippen LogP contribution in [0.15, 0.2) is 12.1 Å². The highest BCUT2D eigenvalue weighted by atomic mass is 31.0. The molecule has 0 aliphatic heterocycles. The maximum atomic E-state index is 12.4. The third kappa shape index (κ3) is 2.52. The van der Waals surface area contributed by atoms with Gasteiger partial charge >= 0.3 is 0 Å². The van der Waals surface area contributed by atoms with E-state index in [0.29, 0.717) is 5.92 Å². The summed E-state index contributed by atoms with van der Waals surface area (Å²) in [6.45, 7) is 10.3. The van der Waals surface area contributed by atoms with Gasteiger partial charge in [0.1, 0.15) is 0 Å². The molecule has 0 N–H and O–H groups in total. The molecule has 16 heavy (non-hydrogen) atoms. The van der Waals surface area contributed by atoms with Gasteiger partial charge in [-0.3, -0.25) is 4.79 Å². The highest BCUT2D eigenvalue weighted by Gasteiger charge is 2.22. The third-order valence-corrected chi connectivity index (χ3v) is 4.28. The van der Waals surface area contributed by atoms with Gasteiger partial charge in [0.2, 0.25) is 0 Å². The van der Waals surface area contributed by atoms with Crippen LogP contribution in [-0.2, 0) is 0 Å². The van der Waals surface area contributed by atoms with Gasteiger partial charge in [0, 0.05) is 11.2 Å². The zero-order chi connectivity index (χ0) is 12.5. The molecular formula is C14H21OP. The van der Waals surface area contributed by atoms with E-state index in [1.807, 2.05) is 19.9 Å². The Morgan fingerprint density at radius 1 is 1.12 bits per heavy atom. The predicted molar refractivity (Wildman–Crippen MR) is 73.3 cm³/mol. The highest BCUT2D eigenvalue weighted by molar-refractivity contribution is 7.19. The standard InChI is InChI=1S/C14H21OP/c1-8(2)14(16)13(15)12-10(4)7-6-9(3)11(12)5/h6-8,14H,16H2,1-5H3. The van der Waals surface area contributed by atoms with Crippen molar-refractivity contribution in [2.24, 2.45) is 5.92 Å². The fourth-order valence-electron chi connectivity index (χ4n) is 1.80. The number of hydrogen-bond donors (Lipinski definition) is 0. The maximum absolute atomic E-state index is 12.4. The number of hydrogen-bond acceptors (Lipinski definition) is 1. The summed E-state index contributed by atoms with van der Waals surface area (Å²) in [6, 6.07) is 4.11. The van der Waals surface area contributed by atoms with E-state index in [1.165, 1.54) is 5.56 Å². The van der Waals surface area contributed by atoms with Gasteiger partial charge in [-0.15, -0.1) is 9.24 Å². The topological polar surface area (TPSA) is 17.1 Å². The lowest BCUT2D eigenvalue weighted by molar-refractivity contribution is 0.0974. The van der Waals surface area contributed by atoms with E-state index in [9.17, 15) is 4.79 Å². The van der Waals surface area contributed by atoms with Crippen LogP contribution in [0.2, 0.25) is 0 Å². The van der Waals surface area contributed by atoms with Crippen molar-refractivity contribution in [1.82, 2.24) is 0 Å². The Labute approximate surface area is 101 Å². The number of benzene rings is 1. The van der Waals surface area contributed by atoms with E-state index in [1.54, 1.807) is 0 Å². The Bertz CT molecular complexity index is 407. The molecule has 0 bridgehead atoms. The number of rotatable bonds is 3. The molecule has 0 saturated carbocycles. The Balaban J connectivity index is 3.23. The van der Waals surface area contributed by atoms with Gasteiger partial charge < -0.3 is 0 Å². The minimum Gasteiger partial charge on any atom is -0.293 e. The van der Waals surface area contributed by atoms with Gasteiger partial charge in [0.25, 0.3) is 0 Å². The smallest absolute Gasteiger partial charge is 0.170 e. The Morgan fingerprint density at radius 2 is 1.62 bits per heavy atom. The fraction of sp³-hybridized carbons (Fsp3) is 0.500. The van der Waals surface area contributed by atoms with E-state index < -0.39 is 0 Å². The van der Waals surface area contributed by atoms with Crippen LogP contribution in [0.5, 0.6) is 0 Å². The zero-order valence-electron chi connectivity index (χ0n) is 10.8. The van der Waals surface area contributed by atoms with Crippen LogP contribution in [0.25, 0.3) is 0 Å². The first-order valence-corrected chi connectivity index (χ1v) is 6.39. The second-order valence-electron chi connectivity index (χ2n) is 4.83. The van der Waals surface area contributed by atoms with Crippen LogP contribution in [-0.4, -0.2) is 11.4 Å². The third-order valence-electron chi connectivity index (χ3n) is 3.21. The van der Waals surface area contributed by atoms with Crippen LogP contribution in [0.1, 0.15) is 40.9 Å². The number of carbonyl (C=O) groups is 1. The van der Waals surface area contributed by atoms with Gasteiger partial charge in [0.05, 0.1) is 0 Å². The van der Waals surface area contributed by atoms with E-state index in [4.69, 9.17) is 0 Å². The number of carbonyl (C=O) groups excluding carboxylic acids is 1. The van der Waals surface area contributed by atoms with E-state index in [-0.39, 0.29) is 11.4 Å². The number of ketones is 1. The maximum Gasteiger partial charge on any atom is 0.170 e. The Morgan fingerprint density at radius 3 is 2.12 bits per heavy atom. The largest absolute Gasteiger partial charge is 0.293 e. The minimum atomic E-state index is 0.0131. The van der Waals surface area contributed by atoms with Crippen molar-refractivity contribution >= 4 is 15.0 Å². The van der Waals surface area contributed by atoms with Crippen LogP contribution < -0.4 is 0 Å². The monoisotopic (exact) mass is 236 g/mol. The molecule has 1 aromatic rings. The minimum absolute atomic E-state index is 0.0131. The summed E-state index contributed by atoms with van der Waals surface area (Å²) in [5.41, 5.74) is 4.32. The average Bonchev–Trinajstić information content (AvgIpc) is 2.22. The molecule has 2 atom stereocenters. The molecule has 0 aliphatic carbocycles. The molecule has 0 spiro atoms. The molecule has 0 aliphatic rings. The molecule has 1 rings (SSSR count). The summed E-state index contributed by atoms with van der Waals surface area (Å²) < 4.78 is 0. The summed E-state index contributed by atoms with van der Waals surface area (Å²) in [4.78, 5) is 12.4. The molecule has 2 unspecified atom stereocenters. The zero-order valence-corrected chi connectivity index (χ0v) is 11.9. The van der Waals surface area contributed by atoms with E-state index >= 15 is 0 Å². The summed E-state index contributed by atoms with van der Waals surface area (Å²) in [7, 11) is 2.67. The second-order valence-corrected chi connectivity index (χ2v) is 5.55. The lowest BCUT2D eigenvalue weighted by Crippen LogP contribution is -2.22. The Hall–Kier alpha value is -0.680. The predicted octanol–water partition coefficient (Wildman–Crippen LogP) is 3.69. The molecule has 88 valence electrons. The van der Waals surface area contributed by atoms with Crippen molar-refractivity contribution in [2.45, 2.75) is 40.3 Å². The van der Waals surface area contributed by atoms with Gasteiger partial charge in [-0.1, -0.05) is 26.0 Å². The molecule has 0 fully saturated rings. The van der Waals surface area contributed by atoms with Crippen LogP contribution in [0, 0.1) is 26.7 Å². The van der Waals surface area contributed by atoms with Crippen molar-refractivity contribution in [3.05, 3.63) is 34.4 Å². The van der Waals surface area contributed by atoms with Gasteiger partial charge in [0.15, 0.2) is 5.78 Å². The first-order chi connectivity index (χ1) is 7.36. The average molecular weight is 236 g/mol. The summed E-state index contributed by atoms with van der Waals surface area (Å²) >= 11 is 0. The molecule has 1 nitrogen and oxygen atoms in total. The lowest BCUT2D eigenvalue weighted by atomic mass is 9.91. The van der Waals surface area contributed by atoms with Crippen LogP contribution in [0.3, 0.4) is 0 Å². The molecule has 0 amide bonds. The molecule has 1 aromatic carbocycles. The second kappa shape index (κ2) is 5.10. The van der Waals surface area contributed by atoms with Crippen molar-refractivity contribution in [2.75, 3.05) is 0 Å². The van der Waals surface area contributed by atoms with Crippen molar-refractivity contribution < 1.29 is 4.79 Å². The first kappa shape index (κ1) is 13.4. The molecule has 0 saturated heterocycles.